The number of H-pyrrole nitrogens is 1. The maximum atomic E-state index is 12.1. The number of aromatic amines is 1. The Morgan fingerprint density at radius 2 is 2.00 bits per heavy atom. The van der Waals surface area contributed by atoms with Crippen molar-refractivity contribution in [2.24, 2.45) is 5.73 Å². The summed E-state index contributed by atoms with van der Waals surface area (Å²) in [7, 11) is 0. The fourth-order valence-electron chi connectivity index (χ4n) is 1.76. The monoisotopic (exact) mass is 259 g/mol. The molecule has 5 heteroatoms. The summed E-state index contributed by atoms with van der Waals surface area (Å²) in [4.78, 5) is 18.8. The number of aromatic nitrogens is 2. The molecular weight excluding hydrogens is 242 g/mol. The van der Waals surface area contributed by atoms with Gasteiger partial charge in [-0.05, 0) is 18.9 Å². The van der Waals surface area contributed by atoms with Gasteiger partial charge >= 0.3 is 0 Å². The van der Waals surface area contributed by atoms with Gasteiger partial charge < -0.3 is 15.8 Å². The highest BCUT2D eigenvalue weighted by Gasteiger charge is 2.24. The van der Waals surface area contributed by atoms with Crippen molar-refractivity contribution < 1.29 is 5.11 Å². The molecule has 1 unspecified atom stereocenters. The van der Waals surface area contributed by atoms with Crippen molar-refractivity contribution >= 4 is 0 Å². The third-order valence-corrected chi connectivity index (χ3v) is 3.24. The molecule has 0 aliphatic rings. The Hall–Kier alpha value is -2.14. The molecule has 2 rings (SSSR count). The minimum atomic E-state index is -0.772. The van der Waals surface area contributed by atoms with Crippen LogP contribution in [-0.4, -0.2) is 15.1 Å². The molecule has 1 heterocycles. The van der Waals surface area contributed by atoms with Crippen molar-refractivity contribution in [3.63, 3.8) is 0 Å². The molecule has 0 spiro atoms. The van der Waals surface area contributed by atoms with Crippen LogP contribution in [0, 0.1) is 0 Å². The summed E-state index contributed by atoms with van der Waals surface area (Å²) in [5.41, 5.74) is 5.64. The maximum absolute atomic E-state index is 12.1. The summed E-state index contributed by atoms with van der Waals surface area (Å²) in [5.74, 6) is -0.00717. The molecule has 0 amide bonds. The van der Waals surface area contributed by atoms with Crippen LogP contribution in [0.25, 0.3) is 11.1 Å². The van der Waals surface area contributed by atoms with E-state index in [1.807, 2.05) is 13.0 Å². The van der Waals surface area contributed by atoms with Crippen molar-refractivity contribution in [3.8, 4) is 17.0 Å². The number of hydrogen-bond donors (Lipinski definition) is 3. The summed E-state index contributed by atoms with van der Waals surface area (Å²) >= 11 is 0. The summed E-state index contributed by atoms with van der Waals surface area (Å²) < 4.78 is 0. The first-order valence-electron chi connectivity index (χ1n) is 6.13. The maximum Gasteiger partial charge on any atom is 0.262 e. The third-order valence-electron chi connectivity index (χ3n) is 3.24. The lowest BCUT2D eigenvalue weighted by Crippen LogP contribution is -2.36. The average molecular weight is 259 g/mol. The van der Waals surface area contributed by atoms with Crippen LogP contribution in [0.2, 0.25) is 0 Å². The second-order valence-electron chi connectivity index (χ2n) is 4.75. The molecule has 0 fully saturated rings. The van der Waals surface area contributed by atoms with Crippen LogP contribution >= 0.6 is 0 Å². The molecule has 100 valence electrons. The van der Waals surface area contributed by atoms with Crippen molar-refractivity contribution in [3.05, 3.63) is 46.5 Å². The molecule has 0 bridgehead atoms. The molecule has 1 aromatic carbocycles. The predicted molar refractivity (Wildman–Crippen MR) is 73.8 cm³/mol. The third kappa shape index (κ3) is 2.51. The van der Waals surface area contributed by atoms with Crippen molar-refractivity contribution in [2.45, 2.75) is 25.8 Å². The van der Waals surface area contributed by atoms with Crippen molar-refractivity contribution in [1.82, 2.24) is 9.97 Å². The van der Waals surface area contributed by atoms with Crippen LogP contribution in [0.15, 0.2) is 35.1 Å². The lowest BCUT2D eigenvalue weighted by atomic mass is 9.99. The number of rotatable bonds is 3. The first-order chi connectivity index (χ1) is 8.95. The smallest absolute Gasteiger partial charge is 0.262 e. The van der Waals surface area contributed by atoms with E-state index in [2.05, 4.69) is 9.97 Å². The van der Waals surface area contributed by atoms with Gasteiger partial charge in [0.1, 0.15) is 11.4 Å². The SMILES string of the molecule is CCC(C)(N)c1nc(O)c(-c2ccccc2)c(=O)[nH]1. The van der Waals surface area contributed by atoms with Crippen molar-refractivity contribution in [2.75, 3.05) is 0 Å². The van der Waals surface area contributed by atoms with E-state index >= 15 is 0 Å². The van der Waals surface area contributed by atoms with E-state index in [-0.39, 0.29) is 22.8 Å². The molecular formula is C14H17N3O2. The minimum Gasteiger partial charge on any atom is -0.493 e. The largest absolute Gasteiger partial charge is 0.493 e. The molecule has 0 saturated heterocycles. The summed E-state index contributed by atoms with van der Waals surface area (Å²) in [6.45, 7) is 3.65. The van der Waals surface area contributed by atoms with Gasteiger partial charge in [0.25, 0.3) is 5.56 Å². The number of nitrogens with two attached hydrogens (primary N) is 1. The van der Waals surface area contributed by atoms with Gasteiger partial charge in [-0.1, -0.05) is 37.3 Å². The second-order valence-corrected chi connectivity index (χ2v) is 4.75. The van der Waals surface area contributed by atoms with Crippen molar-refractivity contribution in [1.29, 1.82) is 0 Å². The Morgan fingerprint density at radius 3 is 2.53 bits per heavy atom. The van der Waals surface area contributed by atoms with Crippen LogP contribution in [-0.2, 0) is 5.54 Å². The van der Waals surface area contributed by atoms with Gasteiger partial charge in [0, 0.05) is 0 Å². The van der Waals surface area contributed by atoms with Gasteiger partial charge in [0.15, 0.2) is 0 Å². The molecule has 0 aliphatic carbocycles. The highest BCUT2D eigenvalue weighted by atomic mass is 16.3. The van der Waals surface area contributed by atoms with E-state index in [1.165, 1.54) is 0 Å². The first kappa shape index (κ1) is 13.3. The molecule has 5 nitrogen and oxygen atoms in total. The van der Waals surface area contributed by atoms with Gasteiger partial charge in [0.2, 0.25) is 5.88 Å². The predicted octanol–water partition coefficient (Wildman–Crippen LogP) is 1.73. The molecule has 0 saturated carbocycles. The van der Waals surface area contributed by atoms with E-state index in [1.54, 1.807) is 31.2 Å². The van der Waals surface area contributed by atoms with Gasteiger partial charge in [0.05, 0.1) is 5.54 Å². The molecule has 2 aromatic rings. The van der Waals surface area contributed by atoms with E-state index in [9.17, 15) is 9.90 Å². The van der Waals surface area contributed by atoms with Crippen LogP contribution in [0.5, 0.6) is 5.88 Å². The number of aromatic hydroxyl groups is 1. The molecule has 1 aromatic heterocycles. The molecule has 0 radical (unpaired) electrons. The zero-order chi connectivity index (χ0) is 14.0. The van der Waals surface area contributed by atoms with Gasteiger partial charge in [-0.15, -0.1) is 0 Å². The Morgan fingerprint density at radius 1 is 1.37 bits per heavy atom. The van der Waals surface area contributed by atoms with Crippen LogP contribution < -0.4 is 11.3 Å². The molecule has 19 heavy (non-hydrogen) atoms. The second kappa shape index (κ2) is 4.85. The van der Waals surface area contributed by atoms with Crippen LogP contribution in [0.3, 0.4) is 0 Å². The Bertz CT molecular complexity index is 633. The topological polar surface area (TPSA) is 92.0 Å². The Labute approximate surface area is 111 Å². The van der Waals surface area contributed by atoms with Crippen LogP contribution in [0.1, 0.15) is 26.1 Å². The normalized spacial score (nSPS) is 14.1. The van der Waals surface area contributed by atoms with E-state index in [0.29, 0.717) is 12.0 Å². The standard InChI is InChI=1S/C14H17N3O2/c1-3-14(2,15)13-16-11(18)10(12(19)17-13)9-7-5-4-6-8-9/h4-8H,3,15H2,1-2H3,(H2,16,17,18,19). The van der Waals surface area contributed by atoms with Gasteiger partial charge in [-0.3, -0.25) is 4.79 Å². The highest BCUT2D eigenvalue weighted by Crippen LogP contribution is 2.25. The number of nitrogens with zero attached hydrogens (tertiary/aromatic N) is 1. The minimum absolute atomic E-state index is 0.163. The molecule has 0 aliphatic heterocycles. The summed E-state index contributed by atoms with van der Waals surface area (Å²) in [6.07, 6.45) is 0.597. The first-order valence-corrected chi connectivity index (χ1v) is 6.13. The van der Waals surface area contributed by atoms with E-state index in [4.69, 9.17) is 5.73 Å². The molecule has 4 N–H and O–H groups in total. The number of nitrogens with one attached hydrogen (secondary N) is 1. The lowest BCUT2D eigenvalue weighted by molar-refractivity contribution is 0.410. The van der Waals surface area contributed by atoms with E-state index in [0.717, 1.165) is 0 Å². The fraction of sp³-hybridized carbons (Fsp3) is 0.286. The highest BCUT2D eigenvalue weighted by molar-refractivity contribution is 5.67. The van der Waals surface area contributed by atoms with Crippen LogP contribution in [0.4, 0.5) is 0 Å². The quantitative estimate of drug-likeness (QED) is 0.782. The summed E-state index contributed by atoms with van der Waals surface area (Å²) in [6, 6.07) is 8.91. The number of benzene rings is 1. The zero-order valence-electron chi connectivity index (χ0n) is 11.0. The number of hydrogen-bond acceptors (Lipinski definition) is 4. The van der Waals surface area contributed by atoms with Gasteiger partial charge in [-0.2, -0.15) is 4.98 Å². The molecule has 1 atom stereocenters. The Kier molecular flexibility index (Phi) is 3.40. The average Bonchev–Trinajstić information content (AvgIpc) is 2.39. The van der Waals surface area contributed by atoms with Gasteiger partial charge in [-0.25, -0.2) is 0 Å². The summed E-state index contributed by atoms with van der Waals surface area (Å²) in [5, 5.41) is 10.00. The zero-order valence-corrected chi connectivity index (χ0v) is 11.0. The lowest BCUT2D eigenvalue weighted by Gasteiger charge is -2.21. The van der Waals surface area contributed by atoms with E-state index < -0.39 is 5.54 Å². The Balaban J connectivity index is 2.60. The fourth-order valence-corrected chi connectivity index (χ4v) is 1.76.